The van der Waals surface area contributed by atoms with Crippen molar-refractivity contribution in [1.29, 1.82) is 0 Å². The van der Waals surface area contributed by atoms with Gasteiger partial charge in [0.05, 0.1) is 6.10 Å². The Labute approximate surface area is 96.1 Å². The third-order valence-electron chi connectivity index (χ3n) is 2.71. The van der Waals surface area contributed by atoms with Crippen molar-refractivity contribution in [2.24, 2.45) is 5.73 Å². The highest BCUT2D eigenvalue weighted by atomic mass is 16.3. The van der Waals surface area contributed by atoms with Gasteiger partial charge in [0.2, 0.25) is 0 Å². The number of aliphatic hydroxyl groups is 1. The Morgan fingerprint density at radius 3 is 2.69 bits per heavy atom. The van der Waals surface area contributed by atoms with Crippen LogP contribution in [-0.2, 0) is 0 Å². The third-order valence-corrected chi connectivity index (χ3v) is 2.71. The molecule has 0 aliphatic carbocycles. The maximum Gasteiger partial charge on any atom is 0.115 e. The minimum atomic E-state index is -0.686. The summed E-state index contributed by atoms with van der Waals surface area (Å²) in [6, 6.07) is 4.62. The van der Waals surface area contributed by atoms with E-state index >= 15 is 0 Å². The van der Waals surface area contributed by atoms with Crippen molar-refractivity contribution < 1.29 is 10.2 Å². The van der Waals surface area contributed by atoms with Gasteiger partial charge in [-0.15, -0.1) is 0 Å². The van der Waals surface area contributed by atoms with Gasteiger partial charge in [0.1, 0.15) is 5.75 Å². The van der Waals surface area contributed by atoms with Crippen LogP contribution in [0.15, 0.2) is 18.2 Å². The lowest BCUT2D eigenvalue weighted by Gasteiger charge is -2.20. The van der Waals surface area contributed by atoms with Crippen molar-refractivity contribution in [3.05, 3.63) is 29.3 Å². The lowest BCUT2D eigenvalue weighted by molar-refractivity contribution is 0.141. The summed E-state index contributed by atoms with van der Waals surface area (Å²) in [7, 11) is 1.85. The maximum atomic E-state index is 10.1. The molecule has 0 amide bonds. The predicted molar refractivity (Wildman–Crippen MR) is 64.3 cm³/mol. The zero-order valence-electron chi connectivity index (χ0n) is 9.77. The van der Waals surface area contributed by atoms with E-state index in [0.29, 0.717) is 6.42 Å². The SMILES string of the molecule is CNCCC(N)C(O)c1ccc(O)cc1C. The molecule has 0 bridgehead atoms. The number of benzene rings is 1. The zero-order valence-corrected chi connectivity index (χ0v) is 9.77. The van der Waals surface area contributed by atoms with Crippen molar-refractivity contribution in [3.63, 3.8) is 0 Å². The average molecular weight is 224 g/mol. The topological polar surface area (TPSA) is 78.5 Å². The Kier molecular flexibility index (Phi) is 4.73. The lowest BCUT2D eigenvalue weighted by Crippen LogP contribution is -2.31. The summed E-state index contributed by atoms with van der Waals surface area (Å²) in [5.41, 5.74) is 7.52. The Bertz CT molecular complexity index is 342. The Morgan fingerprint density at radius 2 is 2.12 bits per heavy atom. The number of aromatic hydroxyl groups is 1. The first-order valence-corrected chi connectivity index (χ1v) is 5.44. The minimum Gasteiger partial charge on any atom is -0.508 e. The van der Waals surface area contributed by atoms with Gasteiger partial charge in [0.15, 0.2) is 0 Å². The number of phenolic OH excluding ortho intramolecular Hbond substituents is 1. The molecule has 0 aliphatic rings. The second-order valence-electron chi connectivity index (χ2n) is 4.04. The Hall–Kier alpha value is -1.10. The summed E-state index contributed by atoms with van der Waals surface area (Å²) >= 11 is 0. The number of rotatable bonds is 5. The summed E-state index contributed by atoms with van der Waals surface area (Å²) in [6.07, 6.45) is 0.0202. The number of hydrogen-bond donors (Lipinski definition) is 4. The van der Waals surface area contributed by atoms with Gasteiger partial charge in [0.25, 0.3) is 0 Å². The van der Waals surface area contributed by atoms with Gasteiger partial charge in [-0.05, 0) is 50.2 Å². The molecule has 0 aromatic heterocycles. The van der Waals surface area contributed by atoms with Gasteiger partial charge < -0.3 is 21.3 Å². The van der Waals surface area contributed by atoms with Crippen LogP contribution in [0.3, 0.4) is 0 Å². The van der Waals surface area contributed by atoms with E-state index in [-0.39, 0.29) is 11.8 Å². The van der Waals surface area contributed by atoms with Crippen LogP contribution in [0.1, 0.15) is 23.7 Å². The molecule has 2 unspecified atom stereocenters. The van der Waals surface area contributed by atoms with E-state index in [2.05, 4.69) is 5.32 Å². The first-order chi connectivity index (χ1) is 7.56. The highest BCUT2D eigenvalue weighted by molar-refractivity contribution is 5.35. The molecular weight excluding hydrogens is 204 g/mol. The first-order valence-electron chi connectivity index (χ1n) is 5.44. The van der Waals surface area contributed by atoms with Crippen LogP contribution in [0.25, 0.3) is 0 Å². The molecule has 2 atom stereocenters. The molecule has 0 saturated carbocycles. The van der Waals surface area contributed by atoms with E-state index in [1.165, 1.54) is 0 Å². The predicted octanol–water partition coefficient (Wildman–Crippen LogP) is 0.671. The highest BCUT2D eigenvalue weighted by Gasteiger charge is 2.18. The van der Waals surface area contributed by atoms with Crippen LogP contribution >= 0.6 is 0 Å². The number of nitrogens with two attached hydrogens (primary N) is 1. The van der Waals surface area contributed by atoms with E-state index in [9.17, 15) is 10.2 Å². The smallest absolute Gasteiger partial charge is 0.115 e. The normalized spacial score (nSPS) is 14.8. The van der Waals surface area contributed by atoms with Crippen molar-refractivity contribution in [2.45, 2.75) is 25.5 Å². The molecule has 1 rings (SSSR count). The van der Waals surface area contributed by atoms with Crippen LogP contribution in [0.2, 0.25) is 0 Å². The highest BCUT2D eigenvalue weighted by Crippen LogP contribution is 2.24. The van der Waals surface area contributed by atoms with Crippen molar-refractivity contribution in [2.75, 3.05) is 13.6 Å². The molecule has 4 heteroatoms. The molecule has 1 aromatic rings. The molecule has 1 aromatic carbocycles. The first kappa shape index (κ1) is 13.0. The summed E-state index contributed by atoms with van der Waals surface area (Å²) in [6.45, 7) is 2.62. The van der Waals surface area contributed by atoms with Crippen molar-refractivity contribution in [1.82, 2.24) is 5.32 Å². The van der Waals surface area contributed by atoms with Gasteiger partial charge >= 0.3 is 0 Å². The summed E-state index contributed by atoms with van der Waals surface area (Å²) in [5.74, 6) is 0.206. The number of aryl methyl sites for hydroxylation is 1. The number of nitrogens with one attached hydrogen (secondary N) is 1. The van der Waals surface area contributed by atoms with Crippen molar-refractivity contribution in [3.8, 4) is 5.75 Å². The monoisotopic (exact) mass is 224 g/mol. The number of phenols is 1. The van der Waals surface area contributed by atoms with Crippen LogP contribution < -0.4 is 11.1 Å². The largest absolute Gasteiger partial charge is 0.508 e. The van der Waals surface area contributed by atoms with Crippen LogP contribution in [0.5, 0.6) is 5.75 Å². The Morgan fingerprint density at radius 1 is 1.44 bits per heavy atom. The van der Waals surface area contributed by atoms with E-state index in [1.54, 1.807) is 18.2 Å². The number of aliphatic hydroxyl groups excluding tert-OH is 1. The molecule has 16 heavy (non-hydrogen) atoms. The van der Waals surface area contributed by atoms with E-state index < -0.39 is 6.10 Å². The fourth-order valence-electron chi connectivity index (χ4n) is 1.69. The molecule has 5 N–H and O–H groups in total. The van der Waals surface area contributed by atoms with Crippen LogP contribution in [0, 0.1) is 6.92 Å². The van der Waals surface area contributed by atoms with E-state index in [1.807, 2.05) is 14.0 Å². The standard InChI is InChI=1S/C12H20N2O2/c1-8-7-9(15)3-4-10(8)12(16)11(13)5-6-14-2/h3-4,7,11-12,14-16H,5-6,13H2,1-2H3. The molecule has 0 fully saturated rings. The van der Waals surface area contributed by atoms with Crippen molar-refractivity contribution >= 4 is 0 Å². The van der Waals surface area contributed by atoms with Gasteiger partial charge in [-0.25, -0.2) is 0 Å². The molecule has 0 aliphatic heterocycles. The van der Waals surface area contributed by atoms with Gasteiger partial charge in [-0.3, -0.25) is 0 Å². The summed E-state index contributed by atoms with van der Waals surface area (Å²) < 4.78 is 0. The molecule has 90 valence electrons. The maximum absolute atomic E-state index is 10.1. The molecule has 0 radical (unpaired) electrons. The lowest BCUT2D eigenvalue weighted by atomic mass is 9.96. The van der Waals surface area contributed by atoms with Gasteiger partial charge in [0, 0.05) is 6.04 Å². The molecular formula is C12H20N2O2. The minimum absolute atomic E-state index is 0.206. The fourth-order valence-corrected chi connectivity index (χ4v) is 1.69. The average Bonchev–Trinajstić information content (AvgIpc) is 2.25. The van der Waals surface area contributed by atoms with Crippen LogP contribution in [-0.4, -0.2) is 29.8 Å². The fraction of sp³-hybridized carbons (Fsp3) is 0.500. The molecule has 0 spiro atoms. The van der Waals surface area contributed by atoms with E-state index in [4.69, 9.17) is 5.73 Å². The van der Waals surface area contributed by atoms with Gasteiger partial charge in [-0.1, -0.05) is 6.07 Å². The van der Waals surface area contributed by atoms with Crippen LogP contribution in [0.4, 0.5) is 0 Å². The third kappa shape index (κ3) is 3.20. The van der Waals surface area contributed by atoms with Gasteiger partial charge in [-0.2, -0.15) is 0 Å². The zero-order chi connectivity index (χ0) is 12.1. The second kappa shape index (κ2) is 5.84. The summed E-state index contributed by atoms with van der Waals surface area (Å²) in [5, 5.41) is 22.3. The molecule has 0 saturated heterocycles. The van der Waals surface area contributed by atoms with E-state index in [0.717, 1.165) is 17.7 Å². The Balaban J connectivity index is 2.75. The summed E-state index contributed by atoms with van der Waals surface area (Å²) in [4.78, 5) is 0. The quantitative estimate of drug-likeness (QED) is 0.593. The molecule has 0 heterocycles. The molecule has 4 nitrogen and oxygen atoms in total. The second-order valence-corrected chi connectivity index (χ2v) is 4.04. The number of hydrogen-bond acceptors (Lipinski definition) is 4.